The van der Waals surface area contributed by atoms with Crippen molar-refractivity contribution in [2.45, 2.75) is 17.9 Å². The summed E-state index contributed by atoms with van der Waals surface area (Å²) in [6.45, 7) is -0.510. The molecule has 2 atom stereocenters. The van der Waals surface area contributed by atoms with E-state index in [0.717, 1.165) is 0 Å². The van der Waals surface area contributed by atoms with Crippen molar-refractivity contribution in [3.05, 3.63) is 29.8 Å². The average Bonchev–Trinajstić information content (AvgIpc) is 3.08. The number of hydrogen-bond acceptors (Lipinski definition) is 3. The molecule has 6 heteroatoms. The van der Waals surface area contributed by atoms with Crippen molar-refractivity contribution >= 4 is 0 Å². The highest BCUT2D eigenvalue weighted by Crippen LogP contribution is 2.51. The van der Waals surface area contributed by atoms with E-state index >= 15 is 0 Å². The van der Waals surface area contributed by atoms with Crippen molar-refractivity contribution in [3.63, 3.8) is 0 Å². The highest BCUT2D eigenvalue weighted by Gasteiger charge is 2.70. The smallest absolute Gasteiger partial charge is 0.422 e. The fourth-order valence-corrected chi connectivity index (χ4v) is 1.61. The Hall–Kier alpha value is -1.27. The molecule has 1 aromatic rings. The Kier molecular flexibility index (Phi) is 2.79. The number of alkyl halides is 3. The van der Waals surface area contributed by atoms with Gasteiger partial charge in [0.2, 0.25) is 5.60 Å². The third-order valence-electron chi connectivity index (χ3n) is 2.81. The summed E-state index contributed by atoms with van der Waals surface area (Å²) in [5.41, 5.74) is -2.29. The summed E-state index contributed by atoms with van der Waals surface area (Å²) in [4.78, 5) is 0. The fraction of sp³-hybridized carbons (Fsp3) is 0.455. The molecule has 1 fully saturated rings. The summed E-state index contributed by atoms with van der Waals surface area (Å²) in [5.74, 6) is 0.513. The molecule has 1 N–H and O–H groups in total. The first-order chi connectivity index (χ1) is 7.90. The Morgan fingerprint density at radius 3 is 2.24 bits per heavy atom. The lowest BCUT2D eigenvalue weighted by molar-refractivity contribution is -0.210. The monoisotopic (exact) mass is 248 g/mol. The molecule has 0 aromatic heterocycles. The van der Waals surface area contributed by atoms with Crippen LogP contribution in [0.4, 0.5) is 13.2 Å². The topological polar surface area (TPSA) is 42.0 Å². The van der Waals surface area contributed by atoms with Crippen molar-refractivity contribution in [1.29, 1.82) is 0 Å². The number of ether oxygens (including phenoxy) is 2. The van der Waals surface area contributed by atoms with E-state index in [1.165, 1.54) is 31.4 Å². The van der Waals surface area contributed by atoms with Gasteiger partial charge in [-0.1, -0.05) is 12.1 Å². The van der Waals surface area contributed by atoms with Crippen molar-refractivity contribution in [1.82, 2.24) is 0 Å². The van der Waals surface area contributed by atoms with E-state index in [-0.39, 0.29) is 5.56 Å². The second-order valence-electron chi connectivity index (χ2n) is 3.85. The van der Waals surface area contributed by atoms with Crippen molar-refractivity contribution < 1.29 is 27.8 Å². The van der Waals surface area contributed by atoms with Gasteiger partial charge in [0.25, 0.3) is 0 Å². The lowest BCUT2D eigenvalue weighted by Crippen LogP contribution is -2.38. The van der Waals surface area contributed by atoms with Crippen LogP contribution < -0.4 is 4.74 Å². The lowest BCUT2D eigenvalue weighted by atomic mass is 9.96. The number of halogens is 3. The molecule has 0 spiro atoms. The van der Waals surface area contributed by atoms with Crippen molar-refractivity contribution in [2.24, 2.45) is 0 Å². The predicted molar refractivity (Wildman–Crippen MR) is 52.7 cm³/mol. The van der Waals surface area contributed by atoms with E-state index in [4.69, 9.17) is 4.74 Å². The van der Waals surface area contributed by atoms with Crippen LogP contribution in [-0.2, 0) is 4.74 Å². The van der Waals surface area contributed by atoms with Gasteiger partial charge in [-0.05, 0) is 17.7 Å². The van der Waals surface area contributed by atoms with Gasteiger partial charge in [0, 0.05) is 0 Å². The zero-order valence-corrected chi connectivity index (χ0v) is 8.99. The maximum absolute atomic E-state index is 12.7. The van der Waals surface area contributed by atoms with Crippen LogP contribution >= 0.6 is 0 Å². The Labute approximate surface area is 95.8 Å². The number of methoxy groups -OCH3 is 1. The zero-order valence-electron chi connectivity index (χ0n) is 8.99. The van der Waals surface area contributed by atoms with Gasteiger partial charge in [0.05, 0.1) is 13.7 Å². The molecule has 1 aromatic carbocycles. The third kappa shape index (κ3) is 1.98. The van der Waals surface area contributed by atoms with E-state index in [0.29, 0.717) is 5.75 Å². The van der Waals surface area contributed by atoms with Crippen LogP contribution in [0.15, 0.2) is 24.3 Å². The molecule has 0 aliphatic carbocycles. The molecule has 1 heterocycles. The lowest BCUT2D eigenvalue weighted by Gasteiger charge is -2.22. The fourth-order valence-electron chi connectivity index (χ4n) is 1.61. The molecule has 1 aliphatic heterocycles. The molecule has 0 saturated carbocycles. The van der Waals surface area contributed by atoms with Gasteiger partial charge >= 0.3 is 6.18 Å². The Bertz CT molecular complexity index is 395. The van der Waals surface area contributed by atoms with Crippen LogP contribution in [0.2, 0.25) is 0 Å². The van der Waals surface area contributed by atoms with Crippen LogP contribution in [0.1, 0.15) is 11.7 Å². The van der Waals surface area contributed by atoms with E-state index in [1.54, 1.807) is 0 Å². The summed E-state index contributed by atoms with van der Waals surface area (Å²) in [7, 11) is 1.45. The van der Waals surface area contributed by atoms with Gasteiger partial charge in [0.1, 0.15) is 11.9 Å². The number of rotatable bonds is 3. The first-order valence-corrected chi connectivity index (χ1v) is 4.93. The summed E-state index contributed by atoms with van der Waals surface area (Å²) >= 11 is 0. The molecule has 1 aliphatic rings. The quantitative estimate of drug-likeness (QED) is 0.832. The number of benzene rings is 1. The molecule has 2 rings (SSSR count). The summed E-state index contributed by atoms with van der Waals surface area (Å²) in [6, 6.07) is 5.76. The standard InChI is InChI=1S/C11H11F3O3/c1-16-8-4-2-7(3-5-8)9(15)10(6-17-10)11(12,13)14/h2-5,9,15H,6H2,1H3/t9-,10+/m0/s1. The van der Waals surface area contributed by atoms with Gasteiger partial charge in [0.15, 0.2) is 0 Å². The van der Waals surface area contributed by atoms with Gasteiger partial charge in [-0.2, -0.15) is 13.2 Å². The molecule has 0 radical (unpaired) electrons. The van der Waals surface area contributed by atoms with Crippen LogP contribution in [0, 0.1) is 0 Å². The second kappa shape index (κ2) is 3.89. The third-order valence-corrected chi connectivity index (χ3v) is 2.81. The van der Waals surface area contributed by atoms with E-state index in [2.05, 4.69) is 4.74 Å². The molecular weight excluding hydrogens is 237 g/mol. The predicted octanol–water partition coefficient (Wildman–Crippen LogP) is 2.06. The first-order valence-electron chi connectivity index (χ1n) is 4.93. The summed E-state index contributed by atoms with van der Waals surface area (Å²) < 4.78 is 47.3. The number of hydrogen-bond donors (Lipinski definition) is 1. The van der Waals surface area contributed by atoms with Crippen LogP contribution in [0.25, 0.3) is 0 Å². The highest BCUT2D eigenvalue weighted by molar-refractivity contribution is 5.31. The average molecular weight is 248 g/mol. The van der Waals surface area contributed by atoms with Crippen LogP contribution in [-0.4, -0.2) is 30.6 Å². The Morgan fingerprint density at radius 1 is 1.35 bits per heavy atom. The summed E-state index contributed by atoms with van der Waals surface area (Å²) in [6.07, 6.45) is -6.29. The Balaban J connectivity index is 2.22. The molecule has 3 nitrogen and oxygen atoms in total. The zero-order chi connectivity index (χ0) is 12.7. The number of aliphatic hydroxyl groups is 1. The van der Waals surface area contributed by atoms with Gasteiger partial charge in [-0.3, -0.25) is 0 Å². The molecule has 0 amide bonds. The minimum atomic E-state index is -4.58. The molecule has 94 valence electrons. The normalized spacial score (nSPS) is 25.5. The van der Waals surface area contributed by atoms with Crippen LogP contribution in [0.3, 0.4) is 0 Å². The van der Waals surface area contributed by atoms with E-state index < -0.39 is 24.5 Å². The van der Waals surface area contributed by atoms with E-state index in [1.807, 2.05) is 0 Å². The maximum atomic E-state index is 12.7. The molecule has 0 bridgehead atoms. The molecule has 0 unspecified atom stereocenters. The van der Waals surface area contributed by atoms with Gasteiger partial charge < -0.3 is 14.6 Å². The molecule has 17 heavy (non-hydrogen) atoms. The number of epoxide rings is 1. The van der Waals surface area contributed by atoms with Crippen molar-refractivity contribution in [3.8, 4) is 5.75 Å². The SMILES string of the molecule is COc1ccc([C@H](O)[C@@]2(C(F)(F)F)CO2)cc1. The van der Waals surface area contributed by atoms with Gasteiger partial charge in [-0.25, -0.2) is 0 Å². The Morgan fingerprint density at radius 2 is 1.88 bits per heavy atom. The molecular formula is C11H11F3O3. The van der Waals surface area contributed by atoms with Crippen molar-refractivity contribution in [2.75, 3.05) is 13.7 Å². The van der Waals surface area contributed by atoms with E-state index in [9.17, 15) is 18.3 Å². The largest absolute Gasteiger partial charge is 0.497 e. The second-order valence-corrected chi connectivity index (χ2v) is 3.85. The van der Waals surface area contributed by atoms with Crippen LogP contribution in [0.5, 0.6) is 5.75 Å². The number of aliphatic hydroxyl groups excluding tert-OH is 1. The van der Waals surface area contributed by atoms with Gasteiger partial charge in [-0.15, -0.1) is 0 Å². The minimum Gasteiger partial charge on any atom is -0.497 e. The highest BCUT2D eigenvalue weighted by atomic mass is 19.4. The maximum Gasteiger partial charge on any atom is 0.422 e. The summed E-state index contributed by atoms with van der Waals surface area (Å²) in [5, 5.41) is 9.72. The minimum absolute atomic E-state index is 0.153. The first kappa shape index (κ1) is 12.2. The molecule has 1 saturated heterocycles.